The number of carbonyl (C=O) groups is 3. The minimum atomic E-state index is -1.12. The third-order valence-corrected chi connectivity index (χ3v) is 3.91. The first-order valence-electron chi connectivity index (χ1n) is 8.18. The number of primary amides is 1. The zero-order chi connectivity index (χ0) is 19.2. The van der Waals surface area contributed by atoms with E-state index < -0.39 is 23.6 Å². The fourth-order valence-corrected chi connectivity index (χ4v) is 2.60. The van der Waals surface area contributed by atoms with E-state index in [0.29, 0.717) is 5.69 Å². The van der Waals surface area contributed by atoms with E-state index in [1.165, 1.54) is 12.5 Å². The normalized spacial score (nSPS) is 11.6. The Kier molecular flexibility index (Phi) is 5.36. The van der Waals surface area contributed by atoms with Crippen LogP contribution in [0.15, 0.2) is 67.3 Å². The van der Waals surface area contributed by atoms with E-state index in [2.05, 4.69) is 15.3 Å². The number of ketones is 1. The van der Waals surface area contributed by atoms with Crippen LogP contribution >= 0.6 is 0 Å². The van der Waals surface area contributed by atoms with Crippen LogP contribution in [0.4, 0.5) is 0 Å². The molecule has 1 atom stereocenters. The number of nitrogens with zero attached hydrogens (tertiary/aromatic N) is 3. The smallest absolute Gasteiger partial charge is 0.287 e. The van der Waals surface area contributed by atoms with Crippen molar-refractivity contribution in [1.29, 1.82) is 0 Å². The number of amides is 2. The molecule has 0 spiro atoms. The number of hydrogen-bond donors (Lipinski definition) is 2. The summed E-state index contributed by atoms with van der Waals surface area (Å²) >= 11 is 0. The molecule has 8 heteroatoms. The zero-order valence-corrected chi connectivity index (χ0v) is 14.3. The molecule has 3 N–H and O–H groups in total. The summed E-state index contributed by atoms with van der Waals surface area (Å²) in [6.07, 6.45) is 4.49. The van der Waals surface area contributed by atoms with E-state index >= 15 is 0 Å². The summed E-state index contributed by atoms with van der Waals surface area (Å²) in [5, 5.41) is 2.57. The third kappa shape index (κ3) is 4.24. The van der Waals surface area contributed by atoms with Crippen molar-refractivity contribution >= 4 is 17.6 Å². The van der Waals surface area contributed by atoms with Crippen molar-refractivity contribution < 1.29 is 14.4 Å². The highest BCUT2D eigenvalue weighted by molar-refractivity contribution is 6.38. The van der Waals surface area contributed by atoms with Gasteiger partial charge in [0.2, 0.25) is 5.78 Å². The van der Waals surface area contributed by atoms with Crippen LogP contribution in [0, 0.1) is 0 Å². The molecule has 1 unspecified atom stereocenters. The molecule has 0 fully saturated rings. The lowest BCUT2D eigenvalue weighted by atomic mass is 10.1. The molecule has 0 aliphatic rings. The maximum Gasteiger partial charge on any atom is 0.287 e. The lowest BCUT2D eigenvalue weighted by Crippen LogP contribution is -2.47. The Bertz CT molecular complexity index is 954. The Morgan fingerprint density at radius 3 is 2.48 bits per heavy atom. The fraction of sp³-hybridized carbons (Fsp3) is 0.105. The SMILES string of the molecule is NC(=O)C(=O)C(Cc1ccccn1)NC(=O)c1cncn1-c1ccccc1. The molecule has 27 heavy (non-hydrogen) atoms. The fourth-order valence-electron chi connectivity index (χ4n) is 2.60. The van der Waals surface area contributed by atoms with Gasteiger partial charge in [-0.05, 0) is 24.3 Å². The summed E-state index contributed by atoms with van der Waals surface area (Å²) in [5.74, 6) is -2.56. The molecule has 0 saturated heterocycles. The van der Waals surface area contributed by atoms with E-state index in [1.54, 1.807) is 29.0 Å². The first-order chi connectivity index (χ1) is 13.1. The zero-order valence-electron chi connectivity index (χ0n) is 14.3. The van der Waals surface area contributed by atoms with Gasteiger partial charge in [0.1, 0.15) is 11.7 Å². The summed E-state index contributed by atoms with van der Waals surface area (Å²) in [6, 6.07) is 13.2. The lowest BCUT2D eigenvalue weighted by Gasteiger charge is -2.16. The van der Waals surface area contributed by atoms with Gasteiger partial charge in [-0.1, -0.05) is 24.3 Å². The van der Waals surface area contributed by atoms with Crippen molar-refractivity contribution in [3.05, 3.63) is 78.6 Å². The van der Waals surface area contributed by atoms with Gasteiger partial charge in [0.05, 0.1) is 12.5 Å². The molecule has 0 bridgehead atoms. The second-order valence-electron chi connectivity index (χ2n) is 5.76. The van der Waals surface area contributed by atoms with Crippen LogP contribution in [0.2, 0.25) is 0 Å². The van der Waals surface area contributed by atoms with Gasteiger partial charge >= 0.3 is 0 Å². The van der Waals surface area contributed by atoms with Crippen LogP contribution in [0.25, 0.3) is 5.69 Å². The van der Waals surface area contributed by atoms with Gasteiger partial charge in [0, 0.05) is 24.0 Å². The molecular formula is C19H17N5O3. The predicted molar refractivity (Wildman–Crippen MR) is 97.0 cm³/mol. The molecule has 2 aromatic heterocycles. The number of para-hydroxylation sites is 1. The molecule has 1 aromatic carbocycles. The highest BCUT2D eigenvalue weighted by atomic mass is 16.2. The average Bonchev–Trinajstić information content (AvgIpc) is 3.18. The maximum atomic E-state index is 12.7. The van der Waals surface area contributed by atoms with E-state index in [4.69, 9.17) is 5.73 Å². The van der Waals surface area contributed by atoms with Gasteiger partial charge in [-0.3, -0.25) is 23.9 Å². The number of aromatic nitrogens is 3. The molecule has 0 radical (unpaired) electrons. The molecular weight excluding hydrogens is 346 g/mol. The number of rotatable bonds is 7. The van der Waals surface area contributed by atoms with Crippen LogP contribution in [-0.4, -0.2) is 38.2 Å². The highest BCUT2D eigenvalue weighted by Crippen LogP contribution is 2.11. The Hall–Kier alpha value is -3.81. The molecule has 2 heterocycles. The van der Waals surface area contributed by atoms with E-state index in [1.807, 2.05) is 30.3 Å². The van der Waals surface area contributed by atoms with Gasteiger partial charge in [-0.15, -0.1) is 0 Å². The number of imidazole rings is 1. The molecule has 3 aromatic rings. The second-order valence-corrected chi connectivity index (χ2v) is 5.76. The predicted octanol–water partition coefficient (Wildman–Crippen LogP) is 0.663. The number of benzene rings is 1. The molecule has 0 aliphatic heterocycles. The van der Waals surface area contributed by atoms with Crippen LogP contribution in [0.5, 0.6) is 0 Å². The summed E-state index contributed by atoms with van der Waals surface area (Å²) in [5.41, 5.74) is 6.64. The Morgan fingerprint density at radius 2 is 1.81 bits per heavy atom. The topological polar surface area (TPSA) is 120 Å². The number of carbonyl (C=O) groups excluding carboxylic acids is 3. The van der Waals surface area contributed by atoms with Gasteiger partial charge in [-0.2, -0.15) is 0 Å². The van der Waals surface area contributed by atoms with Crippen LogP contribution in [0.3, 0.4) is 0 Å². The number of nitrogens with one attached hydrogen (secondary N) is 1. The van der Waals surface area contributed by atoms with Crippen molar-refractivity contribution in [3.63, 3.8) is 0 Å². The van der Waals surface area contributed by atoms with Gasteiger partial charge in [0.15, 0.2) is 0 Å². The van der Waals surface area contributed by atoms with E-state index in [-0.39, 0.29) is 12.1 Å². The summed E-state index contributed by atoms with van der Waals surface area (Å²) in [7, 11) is 0. The Morgan fingerprint density at radius 1 is 1.07 bits per heavy atom. The Labute approximate surface area is 155 Å². The van der Waals surface area contributed by atoms with Crippen molar-refractivity contribution in [3.8, 4) is 5.69 Å². The number of Topliss-reactive ketones (excluding diaryl/α,β-unsaturated/α-hetero) is 1. The second kappa shape index (κ2) is 8.05. The average molecular weight is 363 g/mol. The molecule has 0 aliphatic carbocycles. The molecule has 0 saturated carbocycles. The van der Waals surface area contributed by atoms with Crippen LogP contribution in [0.1, 0.15) is 16.2 Å². The summed E-state index contributed by atoms with van der Waals surface area (Å²) in [4.78, 5) is 44.4. The summed E-state index contributed by atoms with van der Waals surface area (Å²) in [6.45, 7) is 0. The lowest BCUT2D eigenvalue weighted by molar-refractivity contribution is -0.137. The van der Waals surface area contributed by atoms with Crippen molar-refractivity contribution in [1.82, 2.24) is 19.9 Å². The third-order valence-electron chi connectivity index (χ3n) is 3.91. The highest BCUT2D eigenvalue weighted by Gasteiger charge is 2.27. The molecule has 3 rings (SSSR count). The van der Waals surface area contributed by atoms with Gasteiger partial charge < -0.3 is 11.1 Å². The minimum absolute atomic E-state index is 0.0494. The monoisotopic (exact) mass is 363 g/mol. The maximum absolute atomic E-state index is 12.7. The Balaban J connectivity index is 1.84. The first kappa shape index (κ1) is 18.0. The van der Waals surface area contributed by atoms with Crippen molar-refractivity contribution in [2.24, 2.45) is 5.73 Å². The number of hydrogen-bond acceptors (Lipinski definition) is 5. The van der Waals surface area contributed by atoms with Crippen LogP contribution < -0.4 is 11.1 Å². The van der Waals surface area contributed by atoms with E-state index in [9.17, 15) is 14.4 Å². The number of pyridine rings is 1. The quantitative estimate of drug-likeness (QED) is 0.598. The largest absolute Gasteiger partial charge is 0.363 e. The number of nitrogens with two attached hydrogens (primary N) is 1. The van der Waals surface area contributed by atoms with Crippen molar-refractivity contribution in [2.75, 3.05) is 0 Å². The first-order valence-corrected chi connectivity index (χ1v) is 8.18. The molecule has 2 amide bonds. The molecule has 136 valence electrons. The summed E-state index contributed by atoms with van der Waals surface area (Å²) < 4.78 is 1.59. The van der Waals surface area contributed by atoms with Gasteiger partial charge in [0.25, 0.3) is 11.8 Å². The molecule has 8 nitrogen and oxygen atoms in total. The van der Waals surface area contributed by atoms with Crippen LogP contribution in [-0.2, 0) is 16.0 Å². The standard InChI is InChI=1S/C19H17N5O3/c20-18(26)17(25)15(10-13-6-4-5-9-22-13)23-19(27)16-11-21-12-24(16)14-7-2-1-3-8-14/h1-9,11-12,15H,10H2,(H2,20,26)(H,23,27). The minimum Gasteiger partial charge on any atom is -0.363 e. The van der Waals surface area contributed by atoms with E-state index in [0.717, 1.165) is 5.69 Å². The van der Waals surface area contributed by atoms with Gasteiger partial charge in [-0.25, -0.2) is 4.98 Å². The van der Waals surface area contributed by atoms with Crippen molar-refractivity contribution in [2.45, 2.75) is 12.5 Å².